The molecule has 0 saturated heterocycles. The minimum absolute atomic E-state index is 0.000625. The standard InChI is InChI=1S/C19H17ClFN5O2/c1-2-18(27)25-13-4-6-17(22-9-13)26-10-16(24-11-26)19(28)23-8-12-3-5-15(21)14(20)7-12/h3-7,9-11H,2,8H2,1H3,(H,23,28)(H,25,27). The Kier molecular flexibility index (Phi) is 6.00. The molecule has 0 radical (unpaired) electrons. The number of carbonyl (C=O) groups excluding carboxylic acids is 2. The highest BCUT2D eigenvalue weighted by Gasteiger charge is 2.11. The molecule has 0 aliphatic rings. The Hall–Kier alpha value is -3.26. The average Bonchev–Trinajstić information content (AvgIpc) is 3.19. The number of carbonyl (C=O) groups is 2. The Balaban J connectivity index is 1.63. The fourth-order valence-corrected chi connectivity index (χ4v) is 2.55. The van der Waals surface area contributed by atoms with Gasteiger partial charge in [0.15, 0.2) is 0 Å². The largest absolute Gasteiger partial charge is 0.347 e. The Bertz CT molecular complexity index is 1000. The summed E-state index contributed by atoms with van der Waals surface area (Å²) in [6.07, 6.45) is 4.92. The average molecular weight is 402 g/mol. The van der Waals surface area contributed by atoms with Crippen LogP contribution >= 0.6 is 11.6 Å². The number of hydrogen-bond acceptors (Lipinski definition) is 4. The molecule has 2 amide bonds. The van der Waals surface area contributed by atoms with Crippen molar-refractivity contribution in [2.75, 3.05) is 5.32 Å². The van der Waals surface area contributed by atoms with E-state index in [-0.39, 0.29) is 29.1 Å². The third-order valence-electron chi connectivity index (χ3n) is 3.87. The third-order valence-corrected chi connectivity index (χ3v) is 4.16. The van der Waals surface area contributed by atoms with E-state index in [9.17, 15) is 14.0 Å². The first-order chi connectivity index (χ1) is 13.5. The van der Waals surface area contributed by atoms with Crippen LogP contribution in [0.25, 0.3) is 5.82 Å². The molecular weight excluding hydrogens is 385 g/mol. The van der Waals surface area contributed by atoms with Crippen molar-refractivity contribution in [3.8, 4) is 5.82 Å². The number of rotatable bonds is 6. The second kappa shape index (κ2) is 8.62. The van der Waals surface area contributed by atoms with Gasteiger partial charge in [0.25, 0.3) is 5.91 Å². The number of benzene rings is 1. The molecule has 0 unspecified atom stereocenters. The second-order valence-corrected chi connectivity index (χ2v) is 6.31. The predicted octanol–water partition coefficient (Wildman–Crippen LogP) is 3.34. The van der Waals surface area contributed by atoms with Gasteiger partial charge < -0.3 is 10.6 Å². The van der Waals surface area contributed by atoms with Gasteiger partial charge in [-0.15, -0.1) is 0 Å². The lowest BCUT2D eigenvalue weighted by molar-refractivity contribution is -0.115. The van der Waals surface area contributed by atoms with E-state index in [1.807, 2.05) is 0 Å². The van der Waals surface area contributed by atoms with Crippen LogP contribution in [-0.4, -0.2) is 26.3 Å². The minimum Gasteiger partial charge on any atom is -0.347 e. The molecule has 0 atom stereocenters. The second-order valence-electron chi connectivity index (χ2n) is 5.90. The minimum atomic E-state index is -0.511. The summed E-state index contributed by atoms with van der Waals surface area (Å²) in [5.41, 5.74) is 1.47. The topological polar surface area (TPSA) is 88.9 Å². The van der Waals surface area contributed by atoms with Gasteiger partial charge in [-0.1, -0.05) is 24.6 Å². The normalized spacial score (nSPS) is 10.5. The summed E-state index contributed by atoms with van der Waals surface area (Å²) < 4.78 is 14.8. The van der Waals surface area contributed by atoms with Crippen LogP contribution in [0.1, 0.15) is 29.4 Å². The van der Waals surface area contributed by atoms with Gasteiger partial charge in [-0.25, -0.2) is 14.4 Å². The number of pyridine rings is 1. The highest BCUT2D eigenvalue weighted by atomic mass is 35.5. The summed E-state index contributed by atoms with van der Waals surface area (Å²) >= 11 is 5.73. The van der Waals surface area contributed by atoms with Crippen LogP contribution in [0.5, 0.6) is 0 Å². The van der Waals surface area contributed by atoms with Gasteiger partial charge in [0, 0.05) is 19.2 Å². The van der Waals surface area contributed by atoms with Crippen LogP contribution in [-0.2, 0) is 11.3 Å². The molecule has 7 nitrogen and oxygen atoms in total. The van der Waals surface area contributed by atoms with E-state index in [4.69, 9.17) is 11.6 Å². The Morgan fingerprint density at radius 1 is 1.21 bits per heavy atom. The van der Waals surface area contributed by atoms with Crippen molar-refractivity contribution in [3.63, 3.8) is 0 Å². The van der Waals surface area contributed by atoms with Crippen molar-refractivity contribution >= 4 is 29.1 Å². The molecule has 9 heteroatoms. The maximum Gasteiger partial charge on any atom is 0.271 e. The molecule has 1 aromatic carbocycles. The van der Waals surface area contributed by atoms with Crippen LogP contribution in [0, 0.1) is 5.82 Å². The van der Waals surface area contributed by atoms with Gasteiger partial charge in [0.05, 0.1) is 16.9 Å². The number of nitrogens with one attached hydrogen (secondary N) is 2. The Morgan fingerprint density at radius 3 is 2.71 bits per heavy atom. The van der Waals surface area contributed by atoms with Crippen LogP contribution < -0.4 is 10.6 Å². The summed E-state index contributed by atoms with van der Waals surface area (Å²) in [7, 11) is 0. The van der Waals surface area contributed by atoms with Gasteiger partial charge in [-0.2, -0.15) is 0 Å². The molecular formula is C19H17ClFN5O2. The molecule has 0 spiro atoms. The molecule has 0 aliphatic carbocycles. The molecule has 2 heterocycles. The first kappa shape index (κ1) is 19.5. The molecule has 2 N–H and O–H groups in total. The molecule has 0 saturated carbocycles. The first-order valence-electron chi connectivity index (χ1n) is 8.48. The number of imidazole rings is 1. The van der Waals surface area contributed by atoms with Gasteiger partial charge in [-0.3, -0.25) is 14.2 Å². The van der Waals surface area contributed by atoms with E-state index in [1.54, 1.807) is 35.9 Å². The molecule has 144 valence electrons. The summed E-state index contributed by atoms with van der Waals surface area (Å²) in [5.74, 6) is -0.445. The van der Waals surface area contributed by atoms with E-state index in [1.165, 1.54) is 24.7 Å². The number of anilines is 1. The zero-order valence-corrected chi connectivity index (χ0v) is 15.7. The Morgan fingerprint density at radius 2 is 2.04 bits per heavy atom. The van der Waals surface area contributed by atoms with Gasteiger partial charge in [-0.05, 0) is 29.8 Å². The fraction of sp³-hybridized carbons (Fsp3) is 0.158. The smallest absolute Gasteiger partial charge is 0.271 e. The zero-order chi connectivity index (χ0) is 20.1. The molecule has 28 heavy (non-hydrogen) atoms. The number of amides is 2. The summed E-state index contributed by atoms with van der Waals surface area (Å²) in [5, 5.41) is 5.41. The van der Waals surface area contributed by atoms with Crippen LogP contribution in [0.15, 0.2) is 49.1 Å². The fourth-order valence-electron chi connectivity index (χ4n) is 2.35. The van der Waals surface area contributed by atoms with Crippen molar-refractivity contribution in [2.24, 2.45) is 0 Å². The maximum absolute atomic E-state index is 13.2. The van der Waals surface area contributed by atoms with Crippen molar-refractivity contribution in [1.82, 2.24) is 19.9 Å². The number of aromatic nitrogens is 3. The van der Waals surface area contributed by atoms with Crippen molar-refractivity contribution in [2.45, 2.75) is 19.9 Å². The van der Waals surface area contributed by atoms with Crippen LogP contribution in [0.4, 0.5) is 10.1 Å². The quantitative estimate of drug-likeness (QED) is 0.663. The number of nitrogens with zero attached hydrogens (tertiary/aromatic N) is 3. The number of hydrogen-bond donors (Lipinski definition) is 2. The molecule has 3 rings (SSSR count). The van der Waals surface area contributed by atoms with Crippen LogP contribution in [0.3, 0.4) is 0 Å². The van der Waals surface area contributed by atoms with Gasteiger partial charge in [0.2, 0.25) is 5.91 Å². The molecule has 0 fully saturated rings. The van der Waals surface area contributed by atoms with Crippen molar-refractivity contribution < 1.29 is 14.0 Å². The zero-order valence-electron chi connectivity index (χ0n) is 14.9. The van der Waals surface area contributed by atoms with E-state index in [0.717, 1.165) is 0 Å². The lowest BCUT2D eigenvalue weighted by atomic mass is 10.2. The molecule has 3 aromatic rings. The summed E-state index contributed by atoms with van der Waals surface area (Å²) in [4.78, 5) is 32.0. The summed E-state index contributed by atoms with van der Waals surface area (Å²) in [6.45, 7) is 1.95. The van der Waals surface area contributed by atoms with Crippen molar-refractivity contribution in [3.05, 3.63) is 71.2 Å². The van der Waals surface area contributed by atoms with E-state index < -0.39 is 5.82 Å². The monoisotopic (exact) mass is 401 g/mol. The SMILES string of the molecule is CCC(=O)Nc1ccc(-n2cnc(C(=O)NCc3ccc(F)c(Cl)c3)c2)nc1. The van der Waals surface area contributed by atoms with E-state index in [2.05, 4.69) is 20.6 Å². The number of halogens is 2. The maximum atomic E-state index is 13.2. The highest BCUT2D eigenvalue weighted by molar-refractivity contribution is 6.30. The van der Waals surface area contributed by atoms with Gasteiger partial charge in [0.1, 0.15) is 23.7 Å². The molecule has 0 bridgehead atoms. The highest BCUT2D eigenvalue weighted by Crippen LogP contribution is 2.16. The van der Waals surface area contributed by atoms with E-state index in [0.29, 0.717) is 23.5 Å². The lowest BCUT2D eigenvalue weighted by Crippen LogP contribution is -2.23. The van der Waals surface area contributed by atoms with Crippen molar-refractivity contribution in [1.29, 1.82) is 0 Å². The van der Waals surface area contributed by atoms with E-state index >= 15 is 0 Å². The third kappa shape index (κ3) is 4.72. The molecule has 0 aliphatic heterocycles. The first-order valence-corrected chi connectivity index (χ1v) is 8.86. The Labute approximate surface area is 165 Å². The lowest BCUT2D eigenvalue weighted by Gasteiger charge is -2.05. The summed E-state index contributed by atoms with van der Waals surface area (Å²) in [6, 6.07) is 7.67. The predicted molar refractivity (Wildman–Crippen MR) is 103 cm³/mol. The molecule has 2 aromatic heterocycles. The van der Waals surface area contributed by atoms with Crippen LogP contribution in [0.2, 0.25) is 5.02 Å². The van der Waals surface area contributed by atoms with Gasteiger partial charge >= 0.3 is 0 Å².